The summed E-state index contributed by atoms with van der Waals surface area (Å²) in [4.78, 5) is 12.4. The number of unbranched alkanes of at least 4 members (excludes halogenated alkanes) is 26. The highest BCUT2D eigenvalue weighted by Crippen LogP contribution is 2.20. The van der Waals surface area contributed by atoms with E-state index in [1.807, 2.05) is 0 Å². The summed E-state index contributed by atoms with van der Waals surface area (Å²) in [5.74, 6) is 0.633. The molecule has 1 unspecified atom stereocenters. The quantitative estimate of drug-likeness (QED) is 0.0574. The second-order valence-corrected chi connectivity index (χ2v) is 13.1. The molecule has 40 heavy (non-hydrogen) atoms. The number of carbonyl (C=O) groups is 1. The zero-order valence-electron chi connectivity index (χ0n) is 28.2. The first-order valence-electron chi connectivity index (χ1n) is 18.9. The number of carbonyl (C=O) groups excluding carboxylic acids is 1. The van der Waals surface area contributed by atoms with Gasteiger partial charge in [-0.1, -0.05) is 201 Å². The van der Waals surface area contributed by atoms with Crippen molar-refractivity contribution in [3.05, 3.63) is 0 Å². The van der Waals surface area contributed by atoms with Crippen LogP contribution in [-0.4, -0.2) is 12.6 Å². The van der Waals surface area contributed by atoms with E-state index in [-0.39, 0.29) is 5.97 Å². The van der Waals surface area contributed by atoms with Gasteiger partial charge in [0.25, 0.3) is 0 Å². The van der Waals surface area contributed by atoms with E-state index in [2.05, 4.69) is 20.8 Å². The first kappa shape index (κ1) is 39.5. The molecule has 0 aromatic carbocycles. The highest BCUT2D eigenvalue weighted by atomic mass is 16.5. The highest BCUT2D eigenvalue weighted by Gasteiger charge is 2.12. The molecule has 2 nitrogen and oxygen atoms in total. The molecule has 2 heteroatoms. The maximum atomic E-state index is 12.4. The van der Waals surface area contributed by atoms with Crippen molar-refractivity contribution in [1.82, 2.24) is 0 Å². The lowest BCUT2D eigenvalue weighted by molar-refractivity contribution is -0.145. The first-order valence-corrected chi connectivity index (χ1v) is 18.9. The minimum absolute atomic E-state index is 0.0523. The van der Waals surface area contributed by atoms with Gasteiger partial charge in [-0.3, -0.25) is 4.79 Å². The minimum atomic E-state index is 0.0523. The molecule has 0 spiro atoms. The van der Waals surface area contributed by atoms with Crippen molar-refractivity contribution in [2.45, 2.75) is 226 Å². The van der Waals surface area contributed by atoms with Crippen molar-refractivity contribution in [2.75, 3.05) is 6.61 Å². The van der Waals surface area contributed by atoms with Gasteiger partial charge in [-0.25, -0.2) is 0 Å². The molecule has 0 aliphatic rings. The van der Waals surface area contributed by atoms with Crippen molar-refractivity contribution < 1.29 is 9.53 Å². The van der Waals surface area contributed by atoms with Crippen LogP contribution in [0.4, 0.5) is 0 Å². The first-order chi connectivity index (χ1) is 19.7. The van der Waals surface area contributed by atoms with E-state index in [4.69, 9.17) is 4.74 Å². The molecule has 0 radical (unpaired) electrons. The number of hydrogen-bond donors (Lipinski definition) is 0. The van der Waals surface area contributed by atoms with Crippen LogP contribution in [0.1, 0.15) is 226 Å². The van der Waals surface area contributed by atoms with Crippen LogP contribution in [-0.2, 0) is 9.53 Å². The fraction of sp³-hybridized carbons (Fsp3) is 0.974. The number of rotatable bonds is 34. The molecule has 0 N–H and O–H groups in total. The normalized spacial score (nSPS) is 12.2. The lowest BCUT2D eigenvalue weighted by Crippen LogP contribution is -2.14. The molecule has 0 rings (SSSR count). The maximum Gasteiger partial charge on any atom is 0.305 e. The molecule has 0 amide bonds. The summed E-state index contributed by atoms with van der Waals surface area (Å²) in [5.41, 5.74) is 0. The summed E-state index contributed by atoms with van der Waals surface area (Å²) in [7, 11) is 0. The molecule has 0 heterocycles. The molecule has 1 atom stereocenters. The van der Waals surface area contributed by atoms with Crippen LogP contribution in [0, 0.1) is 5.92 Å². The van der Waals surface area contributed by atoms with Crippen LogP contribution < -0.4 is 0 Å². The fourth-order valence-electron chi connectivity index (χ4n) is 6.01. The summed E-state index contributed by atoms with van der Waals surface area (Å²) < 4.78 is 5.78. The van der Waals surface area contributed by atoms with Gasteiger partial charge in [0.2, 0.25) is 0 Å². The van der Waals surface area contributed by atoms with E-state index in [1.165, 1.54) is 193 Å². The van der Waals surface area contributed by atoms with Crippen molar-refractivity contribution in [2.24, 2.45) is 5.92 Å². The average Bonchev–Trinajstić information content (AvgIpc) is 2.96. The van der Waals surface area contributed by atoms with E-state index in [0.717, 1.165) is 6.42 Å². The third kappa shape index (κ3) is 32.0. The Morgan fingerprint density at radius 3 is 1.00 bits per heavy atom. The van der Waals surface area contributed by atoms with Crippen LogP contribution in [0.5, 0.6) is 0 Å². The predicted octanol–water partition coefficient (Wildman–Crippen LogP) is 13.7. The van der Waals surface area contributed by atoms with Gasteiger partial charge in [-0.15, -0.1) is 0 Å². The maximum absolute atomic E-state index is 12.4. The van der Waals surface area contributed by atoms with Gasteiger partial charge < -0.3 is 4.74 Å². The average molecular weight is 565 g/mol. The van der Waals surface area contributed by atoms with Crippen LogP contribution in [0.2, 0.25) is 0 Å². The van der Waals surface area contributed by atoms with Crippen molar-refractivity contribution in [1.29, 1.82) is 0 Å². The largest absolute Gasteiger partial charge is 0.465 e. The third-order valence-corrected chi connectivity index (χ3v) is 8.90. The Kier molecular flexibility index (Phi) is 34.2. The number of ether oxygens (including phenoxy) is 1. The van der Waals surface area contributed by atoms with E-state index < -0.39 is 0 Å². The second-order valence-electron chi connectivity index (χ2n) is 13.1. The molecule has 0 aromatic rings. The number of esters is 1. The van der Waals surface area contributed by atoms with Gasteiger partial charge >= 0.3 is 5.97 Å². The summed E-state index contributed by atoms with van der Waals surface area (Å²) in [6, 6.07) is 0. The molecule has 240 valence electrons. The predicted molar refractivity (Wildman–Crippen MR) is 179 cm³/mol. The van der Waals surface area contributed by atoms with Crippen molar-refractivity contribution in [3.8, 4) is 0 Å². The molecule has 0 aliphatic carbocycles. The summed E-state index contributed by atoms with van der Waals surface area (Å²) >= 11 is 0. The summed E-state index contributed by atoms with van der Waals surface area (Å²) in [6.45, 7) is 7.53. The van der Waals surface area contributed by atoms with Gasteiger partial charge in [0.15, 0.2) is 0 Å². The standard InChI is InChI=1S/C38H76O2/c1-4-7-10-13-15-16-17-18-19-20-21-22-23-24-26-29-32-35-38(39)40-36-37(33-30-27-12-9-6-3)34-31-28-25-14-11-8-5-2/h37H,4-36H2,1-3H3. The van der Waals surface area contributed by atoms with Gasteiger partial charge in [0, 0.05) is 6.42 Å². The Morgan fingerprint density at radius 1 is 0.400 bits per heavy atom. The molecule has 0 aromatic heterocycles. The van der Waals surface area contributed by atoms with Crippen LogP contribution in [0.3, 0.4) is 0 Å². The molecule has 0 bridgehead atoms. The topological polar surface area (TPSA) is 26.3 Å². The molecule has 0 aliphatic heterocycles. The zero-order valence-corrected chi connectivity index (χ0v) is 28.2. The molecular formula is C38H76O2. The highest BCUT2D eigenvalue weighted by molar-refractivity contribution is 5.69. The fourth-order valence-corrected chi connectivity index (χ4v) is 6.01. The van der Waals surface area contributed by atoms with E-state index in [9.17, 15) is 4.79 Å². The monoisotopic (exact) mass is 565 g/mol. The minimum Gasteiger partial charge on any atom is -0.465 e. The van der Waals surface area contributed by atoms with Gasteiger partial charge in [0.05, 0.1) is 6.61 Å². The van der Waals surface area contributed by atoms with E-state index in [1.54, 1.807) is 0 Å². The Balaban J connectivity index is 3.69. The molecule has 0 fully saturated rings. The lowest BCUT2D eigenvalue weighted by Gasteiger charge is -2.17. The van der Waals surface area contributed by atoms with Gasteiger partial charge in [-0.2, -0.15) is 0 Å². The Morgan fingerprint density at radius 2 is 0.675 bits per heavy atom. The van der Waals surface area contributed by atoms with E-state index >= 15 is 0 Å². The van der Waals surface area contributed by atoms with Gasteiger partial charge in [0.1, 0.15) is 0 Å². The smallest absolute Gasteiger partial charge is 0.305 e. The summed E-state index contributed by atoms with van der Waals surface area (Å²) in [6.07, 6.45) is 42.7. The second kappa shape index (κ2) is 34.7. The van der Waals surface area contributed by atoms with E-state index in [0.29, 0.717) is 18.9 Å². The zero-order chi connectivity index (χ0) is 29.2. The Hall–Kier alpha value is -0.530. The Labute approximate surface area is 254 Å². The van der Waals surface area contributed by atoms with Gasteiger partial charge in [-0.05, 0) is 25.2 Å². The third-order valence-electron chi connectivity index (χ3n) is 8.90. The number of hydrogen-bond acceptors (Lipinski definition) is 2. The van der Waals surface area contributed by atoms with Crippen LogP contribution in [0.15, 0.2) is 0 Å². The molecular weight excluding hydrogens is 488 g/mol. The SMILES string of the molecule is CCCCCCCCCCCCCCCCCCCC(=O)OCC(CCCCCCC)CCCCCCCCC. The summed E-state index contributed by atoms with van der Waals surface area (Å²) in [5, 5.41) is 0. The van der Waals surface area contributed by atoms with Crippen LogP contribution in [0.25, 0.3) is 0 Å². The van der Waals surface area contributed by atoms with Crippen molar-refractivity contribution in [3.63, 3.8) is 0 Å². The lowest BCUT2D eigenvalue weighted by atomic mass is 9.95. The Bertz CT molecular complexity index is 474. The van der Waals surface area contributed by atoms with Crippen LogP contribution >= 0.6 is 0 Å². The molecule has 0 saturated carbocycles. The van der Waals surface area contributed by atoms with Crippen molar-refractivity contribution >= 4 is 5.97 Å². The molecule has 0 saturated heterocycles.